The molecular formula is C14H12N2O5. The predicted octanol–water partition coefficient (Wildman–Crippen LogP) is 2.34. The summed E-state index contributed by atoms with van der Waals surface area (Å²) in [6, 6.07) is 4.41. The smallest absolute Gasteiger partial charge is 0.330 e. The van der Waals surface area contributed by atoms with Gasteiger partial charge in [-0.05, 0) is 23.8 Å². The van der Waals surface area contributed by atoms with E-state index in [9.17, 15) is 14.9 Å². The lowest BCUT2D eigenvalue weighted by atomic mass is 10.1. The van der Waals surface area contributed by atoms with Gasteiger partial charge in [-0.25, -0.2) is 4.79 Å². The fourth-order valence-corrected chi connectivity index (χ4v) is 1.93. The molecule has 0 aliphatic heterocycles. The Bertz CT molecular complexity index is 739. The molecule has 0 radical (unpaired) electrons. The molecule has 0 unspecified atom stereocenters. The maximum Gasteiger partial charge on any atom is 0.330 e. The Morgan fingerprint density at radius 2 is 2.10 bits per heavy atom. The number of pyridine rings is 1. The average Bonchev–Trinajstić information content (AvgIpc) is 2.50. The normalized spacial score (nSPS) is 10.8. The molecule has 0 atom stereocenters. The minimum Gasteiger partial charge on any atom is -0.494 e. The standard InChI is InChI=1S/C14H12N2O5/c1-20-11-5-4-10(16(18)19)13-9(3-6-12(17)21-2)7-8-15-14(11)13/h3-8H,1-2H3/b6-3+. The van der Waals surface area contributed by atoms with Gasteiger partial charge in [-0.3, -0.25) is 15.1 Å². The molecule has 0 saturated heterocycles. The first-order chi connectivity index (χ1) is 10.1. The fourth-order valence-electron chi connectivity index (χ4n) is 1.93. The molecule has 0 amide bonds. The van der Waals surface area contributed by atoms with Gasteiger partial charge in [-0.1, -0.05) is 0 Å². The fraction of sp³-hybridized carbons (Fsp3) is 0.143. The molecule has 7 heteroatoms. The molecule has 0 aliphatic carbocycles. The molecule has 0 spiro atoms. The van der Waals surface area contributed by atoms with Crippen molar-refractivity contribution in [2.24, 2.45) is 0 Å². The van der Waals surface area contributed by atoms with Crippen molar-refractivity contribution in [1.29, 1.82) is 0 Å². The summed E-state index contributed by atoms with van der Waals surface area (Å²) in [4.78, 5) is 26.0. The molecule has 108 valence electrons. The summed E-state index contributed by atoms with van der Waals surface area (Å²) in [5.41, 5.74) is 0.734. The molecule has 0 N–H and O–H groups in total. The van der Waals surface area contributed by atoms with Gasteiger partial charge in [0.2, 0.25) is 0 Å². The van der Waals surface area contributed by atoms with Gasteiger partial charge in [0.1, 0.15) is 11.3 Å². The van der Waals surface area contributed by atoms with Crippen LogP contribution in [0.2, 0.25) is 0 Å². The van der Waals surface area contributed by atoms with E-state index in [4.69, 9.17) is 4.74 Å². The number of benzene rings is 1. The maximum atomic E-state index is 11.2. The summed E-state index contributed by atoms with van der Waals surface area (Å²) < 4.78 is 9.67. The number of esters is 1. The number of fused-ring (bicyclic) bond motifs is 1. The highest BCUT2D eigenvalue weighted by Crippen LogP contribution is 2.34. The van der Waals surface area contributed by atoms with Gasteiger partial charge in [0.25, 0.3) is 5.69 Å². The van der Waals surface area contributed by atoms with Crippen LogP contribution in [0, 0.1) is 10.1 Å². The molecule has 1 heterocycles. The lowest BCUT2D eigenvalue weighted by molar-refractivity contribution is -0.383. The van der Waals surface area contributed by atoms with E-state index in [1.54, 1.807) is 6.07 Å². The van der Waals surface area contributed by atoms with Crippen molar-refractivity contribution in [3.05, 3.63) is 46.1 Å². The lowest BCUT2D eigenvalue weighted by Crippen LogP contribution is -1.96. The lowest BCUT2D eigenvalue weighted by Gasteiger charge is -2.07. The summed E-state index contributed by atoms with van der Waals surface area (Å²) in [6.45, 7) is 0. The monoisotopic (exact) mass is 288 g/mol. The van der Waals surface area contributed by atoms with E-state index in [0.29, 0.717) is 22.2 Å². The van der Waals surface area contributed by atoms with E-state index in [0.717, 1.165) is 0 Å². The van der Waals surface area contributed by atoms with Crippen LogP contribution in [0.5, 0.6) is 5.75 Å². The molecule has 2 rings (SSSR count). The van der Waals surface area contributed by atoms with Crippen LogP contribution in [-0.4, -0.2) is 30.1 Å². The number of aromatic nitrogens is 1. The largest absolute Gasteiger partial charge is 0.494 e. The topological polar surface area (TPSA) is 91.6 Å². The van der Waals surface area contributed by atoms with Crippen molar-refractivity contribution in [3.8, 4) is 5.75 Å². The summed E-state index contributed by atoms with van der Waals surface area (Å²) in [6.07, 6.45) is 4.13. The van der Waals surface area contributed by atoms with Gasteiger partial charge in [0, 0.05) is 18.3 Å². The number of carbonyl (C=O) groups is 1. The zero-order chi connectivity index (χ0) is 15.4. The highest BCUT2D eigenvalue weighted by Gasteiger charge is 2.18. The van der Waals surface area contributed by atoms with E-state index in [1.165, 1.54) is 44.7 Å². The van der Waals surface area contributed by atoms with Crippen molar-refractivity contribution >= 4 is 28.6 Å². The van der Waals surface area contributed by atoms with Crippen LogP contribution in [-0.2, 0) is 9.53 Å². The Kier molecular flexibility index (Phi) is 4.13. The van der Waals surface area contributed by atoms with E-state index < -0.39 is 10.9 Å². The maximum absolute atomic E-state index is 11.2. The third kappa shape index (κ3) is 2.81. The van der Waals surface area contributed by atoms with Crippen LogP contribution >= 0.6 is 0 Å². The van der Waals surface area contributed by atoms with Crippen molar-refractivity contribution in [3.63, 3.8) is 0 Å². The number of hydrogen-bond donors (Lipinski definition) is 0. The van der Waals surface area contributed by atoms with Crippen molar-refractivity contribution < 1.29 is 19.2 Å². The Labute approximate surface area is 120 Å². The Morgan fingerprint density at radius 1 is 1.33 bits per heavy atom. The first-order valence-electron chi connectivity index (χ1n) is 5.94. The second kappa shape index (κ2) is 6.00. The van der Waals surface area contributed by atoms with Gasteiger partial charge in [0.15, 0.2) is 0 Å². The number of nitro benzene ring substituents is 1. The number of non-ortho nitro benzene ring substituents is 1. The molecule has 0 aliphatic rings. The second-order valence-electron chi connectivity index (χ2n) is 4.02. The second-order valence-corrected chi connectivity index (χ2v) is 4.02. The molecular weight excluding hydrogens is 276 g/mol. The van der Waals surface area contributed by atoms with E-state index >= 15 is 0 Å². The third-order valence-corrected chi connectivity index (χ3v) is 2.88. The summed E-state index contributed by atoms with van der Waals surface area (Å²) in [5, 5.41) is 11.5. The van der Waals surface area contributed by atoms with Crippen molar-refractivity contribution in [1.82, 2.24) is 4.98 Å². The number of ether oxygens (including phenoxy) is 2. The summed E-state index contributed by atoms with van der Waals surface area (Å²) >= 11 is 0. The number of hydrogen-bond acceptors (Lipinski definition) is 6. The van der Waals surface area contributed by atoms with E-state index in [2.05, 4.69) is 9.72 Å². The Morgan fingerprint density at radius 3 is 2.71 bits per heavy atom. The average molecular weight is 288 g/mol. The highest BCUT2D eigenvalue weighted by atomic mass is 16.6. The molecule has 21 heavy (non-hydrogen) atoms. The molecule has 1 aromatic heterocycles. The predicted molar refractivity (Wildman–Crippen MR) is 76.0 cm³/mol. The third-order valence-electron chi connectivity index (χ3n) is 2.88. The molecule has 0 fully saturated rings. The zero-order valence-electron chi connectivity index (χ0n) is 11.4. The van der Waals surface area contributed by atoms with Crippen molar-refractivity contribution in [2.75, 3.05) is 14.2 Å². The SMILES string of the molecule is COC(=O)/C=C/c1ccnc2c(OC)ccc([N+](=O)[O-])c12. The van der Waals surface area contributed by atoms with Crippen LogP contribution in [0.4, 0.5) is 5.69 Å². The summed E-state index contributed by atoms with van der Waals surface area (Å²) in [5.74, 6) is -0.130. The first-order valence-corrected chi connectivity index (χ1v) is 5.94. The van der Waals surface area contributed by atoms with Gasteiger partial charge < -0.3 is 9.47 Å². The minimum atomic E-state index is -0.550. The van der Waals surface area contributed by atoms with Gasteiger partial charge in [0.05, 0.1) is 24.5 Å². The molecule has 0 bridgehead atoms. The van der Waals surface area contributed by atoms with Crippen LogP contribution < -0.4 is 4.74 Å². The van der Waals surface area contributed by atoms with Gasteiger partial charge in [-0.15, -0.1) is 0 Å². The number of rotatable bonds is 4. The van der Waals surface area contributed by atoms with Crippen molar-refractivity contribution in [2.45, 2.75) is 0 Å². The molecule has 7 nitrogen and oxygen atoms in total. The summed E-state index contributed by atoms with van der Waals surface area (Å²) in [7, 11) is 2.71. The van der Waals surface area contributed by atoms with E-state index in [-0.39, 0.29) is 5.69 Å². The van der Waals surface area contributed by atoms with Crippen LogP contribution in [0.1, 0.15) is 5.56 Å². The highest BCUT2D eigenvalue weighted by molar-refractivity contribution is 6.00. The van der Waals surface area contributed by atoms with Crippen LogP contribution in [0.25, 0.3) is 17.0 Å². The molecule has 1 aromatic carbocycles. The van der Waals surface area contributed by atoms with E-state index in [1.807, 2.05) is 0 Å². The zero-order valence-corrected chi connectivity index (χ0v) is 11.4. The number of nitrogens with zero attached hydrogens (tertiary/aromatic N) is 2. The first kappa shape index (κ1) is 14.4. The van der Waals surface area contributed by atoms with Crippen LogP contribution in [0.3, 0.4) is 0 Å². The quantitative estimate of drug-likeness (QED) is 0.371. The Hall–Kier alpha value is -2.96. The van der Waals surface area contributed by atoms with Gasteiger partial charge in [-0.2, -0.15) is 0 Å². The molecule has 0 saturated carbocycles. The van der Waals surface area contributed by atoms with Crippen LogP contribution in [0.15, 0.2) is 30.5 Å². The number of carbonyl (C=O) groups excluding carboxylic acids is 1. The number of nitro groups is 1. The molecule has 2 aromatic rings. The van der Waals surface area contributed by atoms with Gasteiger partial charge >= 0.3 is 5.97 Å². The number of methoxy groups -OCH3 is 2. The minimum absolute atomic E-state index is 0.108. The Balaban J connectivity index is 2.73.